The fourth-order valence-corrected chi connectivity index (χ4v) is 0.744. The molecule has 0 rings (SSSR count). The van der Waals surface area contributed by atoms with Crippen LogP contribution < -0.4 is 0 Å². The van der Waals surface area contributed by atoms with E-state index >= 15 is 0 Å². The Morgan fingerprint density at radius 1 is 1.25 bits per heavy atom. The van der Waals surface area contributed by atoms with Gasteiger partial charge in [-0.2, -0.15) is 0 Å². The lowest BCUT2D eigenvalue weighted by Gasteiger charge is -2.02. The number of allylic oxidation sites excluding steroid dienone is 3. The maximum Gasteiger partial charge on any atom is 0.121 e. The molecular weight excluding hydrogens is 152 g/mol. The van der Waals surface area contributed by atoms with Gasteiger partial charge in [-0.05, 0) is 18.6 Å². The average Bonchev–Trinajstić information content (AvgIpc) is 2.12. The van der Waals surface area contributed by atoms with Crippen molar-refractivity contribution in [3.05, 3.63) is 36.3 Å². The molecule has 12 heavy (non-hydrogen) atoms. The van der Waals surface area contributed by atoms with Gasteiger partial charge in [0.1, 0.15) is 11.5 Å². The Labute approximate surface area is 74.2 Å². The molecule has 0 amide bonds. The highest BCUT2D eigenvalue weighted by Gasteiger charge is 1.92. The van der Waals surface area contributed by atoms with Gasteiger partial charge in [0.2, 0.25) is 0 Å². The van der Waals surface area contributed by atoms with Crippen LogP contribution in [0.25, 0.3) is 0 Å². The first-order valence-corrected chi connectivity index (χ1v) is 3.90. The van der Waals surface area contributed by atoms with E-state index in [2.05, 4.69) is 6.58 Å². The number of methoxy groups -OCH3 is 2. The molecule has 0 aromatic heterocycles. The van der Waals surface area contributed by atoms with Crippen LogP contribution in [0, 0.1) is 0 Å². The van der Waals surface area contributed by atoms with Gasteiger partial charge in [-0.15, -0.1) is 0 Å². The summed E-state index contributed by atoms with van der Waals surface area (Å²) < 4.78 is 10.1. The fourth-order valence-electron chi connectivity index (χ4n) is 0.744. The lowest BCUT2D eigenvalue weighted by molar-refractivity contribution is 0.284. The van der Waals surface area contributed by atoms with Crippen LogP contribution in [0.1, 0.15) is 13.3 Å². The molecule has 0 aliphatic rings. The van der Waals surface area contributed by atoms with Crippen molar-refractivity contribution in [2.75, 3.05) is 14.2 Å². The minimum atomic E-state index is 0.705. The molecule has 0 aliphatic carbocycles. The topological polar surface area (TPSA) is 18.5 Å². The monoisotopic (exact) mass is 168 g/mol. The summed E-state index contributed by atoms with van der Waals surface area (Å²) in [6.45, 7) is 5.65. The molecule has 0 saturated carbocycles. The van der Waals surface area contributed by atoms with Gasteiger partial charge in [-0.25, -0.2) is 0 Å². The van der Waals surface area contributed by atoms with E-state index in [0.717, 1.165) is 12.2 Å². The standard InChI is InChI=1S/C10H16O2/c1-5-7-10(12-4)8-9(6-2)11-3/h6-8H,2,5H2,1,3-4H3/b9-8+,10-7+. The number of hydrogen-bond acceptors (Lipinski definition) is 2. The Morgan fingerprint density at radius 3 is 2.17 bits per heavy atom. The van der Waals surface area contributed by atoms with E-state index in [1.54, 1.807) is 26.4 Å². The minimum Gasteiger partial charge on any atom is -0.497 e. The van der Waals surface area contributed by atoms with Crippen LogP contribution in [-0.2, 0) is 9.47 Å². The Kier molecular flexibility index (Phi) is 5.88. The van der Waals surface area contributed by atoms with Gasteiger partial charge in [0, 0.05) is 6.08 Å². The lowest BCUT2D eigenvalue weighted by atomic mass is 10.3. The summed E-state index contributed by atoms with van der Waals surface area (Å²) in [5.41, 5.74) is 0. The van der Waals surface area contributed by atoms with Crippen molar-refractivity contribution in [3.63, 3.8) is 0 Å². The Bertz CT molecular complexity index is 190. The van der Waals surface area contributed by atoms with E-state index in [4.69, 9.17) is 9.47 Å². The Balaban J connectivity index is 4.42. The van der Waals surface area contributed by atoms with Crippen molar-refractivity contribution in [3.8, 4) is 0 Å². The van der Waals surface area contributed by atoms with E-state index in [0.29, 0.717) is 5.76 Å². The molecule has 0 unspecified atom stereocenters. The van der Waals surface area contributed by atoms with Crippen LogP contribution >= 0.6 is 0 Å². The van der Waals surface area contributed by atoms with E-state index in [-0.39, 0.29) is 0 Å². The highest BCUT2D eigenvalue weighted by molar-refractivity contribution is 5.21. The zero-order valence-electron chi connectivity index (χ0n) is 7.96. The first-order valence-electron chi connectivity index (χ1n) is 3.90. The van der Waals surface area contributed by atoms with Crippen LogP contribution in [0.3, 0.4) is 0 Å². The highest BCUT2D eigenvalue weighted by Crippen LogP contribution is 2.05. The summed E-state index contributed by atoms with van der Waals surface area (Å²) in [5.74, 6) is 1.51. The molecule has 0 heterocycles. The van der Waals surface area contributed by atoms with E-state index in [9.17, 15) is 0 Å². The summed E-state index contributed by atoms with van der Waals surface area (Å²) in [7, 11) is 3.24. The third kappa shape index (κ3) is 3.86. The zero-order chi connectivity index (χ0) is 9.40. The van der Waals surface area contributed by atoms with Crippen LogP contribution in [0.5, 0.6) is 0 Å². The van der Waals surface area contributed by atoms with Crippen LogP contribution in [-0.4, -0.2) is 14.2 Å². The second-order valence-electron chi connectivity index (χ2n) is 2.17. The van der Waals surface area contributed by atoms with Crippen molar-refractivity contribution < 1.29 is 9.47 Å². The molecule has 68 valence electrons. The average molecular weight is 168 g/mol. The summed E-state index contributed by atoms with van der Waals surface area (Å²) in [6, 6.07) is 0. The molecule has 0 bridgehead atoms. The van der Waals surface area contributed by atoms with Gasteiger partial charge in [0.25, 0.3) is 0 Å². The number of rotatable bonds is 5. The smallest absolute Gasteiger partial charge is 0.121 e. The molecule has 0 aliphatic heterocycles. The van der Waals surface area contributed by atoms with Gasteiger partial charge in [-0.1, -0.05) is 13.5 Å². The molecule has 0 fully saturated rings. The first kappa shape index (κ1) is 10.8. The van der Waals surface area contributed by atoms with Crippen LogP contribution in [0.15, 0.2) is 36.3 Å². The Morgan fingerprint density at radius 2 is 1.83 bits per heavy atom. The SMILES string of the molecule is C=C/C(=C\C(=C/CC)OC)OC. The summed E-state index contributed by atoms with van der Waals surface area (Å²) >= 11 is 0. The predicted octanol–water partition coefficient (Wildman–Crippen LogP) is 2.64. The van der Waals surface area contributed by atoms with E-state index < -0.39 is 0 Å². The predicted molar refractivity (Wildman–Crippen MR) is 50.7 cm³/mol. The molecule has 0 atom stereocenters. The van der Waals surface area contributed by atoms with Crippen molar-refractivity contribution in [1.29, 1.82) is 0 Å². The van der Waals surface area contributed by atoms with Crippen LogP contribution in [0.2, 0.25) is 0 Å². The maximum absolute atomic E-state index is 5.08. The fraction of sp³-hybridized carbons (Fsp3) is 0.400. The molecule has 0 N–H and O–H groups in total. The third-order valence-corrected chi connectivity index (χ3v) is 1.36. The summed E-state index contributed by atoms with van der Waals surface area (Å²) in [4.78, 5) is 0. The summed E-state index contributed by atoms with van der Waals surface area (Å²) in [5, 5.41) is 0. The second kappa shape index (κ2) is 6.53. The van der Waals surface area contributed by atoms with Crippen molar-refractivity contribution >= 4 is 0 Å². The molecular formula is C10H16O2. The Hall–Kier alpha value is -1.18. The number of ether oxygens (including phenoxy) is 2. The highest BCUT2D eigenvalue weighted by atomic mass is 16.5. The third-order valence-electron chi connectivity index (χ3n) is 1.36. The second-order valence-corrected chi connectivity index (χ2v) is 2.17. The summed E-state index contributed by atoms with van der Waals surface area (Å²) in [6.07, 6.45) is 6.36. The first-order chi connectivity index (χ1) is 5.78. The quantitative estimate of drug-likeness (QED) is 0.464. The minimum absolute atomic E-state index is 0.705. The van der Waals surface area contributed by atoms with Gasteiger partial charge < -0.3 is 9.47 Å². The maximum atomic E-state index is 5.08. The zero-order valence-corrected chi connectivity index (χ0v) is 7.96. The van der Waals surface area contributed by atoms with Gasteiger partial charge in [-0.3, -0.25) is 0 Å². The van der Waals surface area contributed by atoms with Gasteiger partial charge >= 0.3 is 0 Å². The van der Waals surface area contributed by atoms with Gasteiger partial charge in [0.15, 0.2) is 0 Å². The molecule has 2 nitrogen and oxygen atoms in total. The van der Waals surface area contributed by atoms with E-state index in [1.807, 2.05) is 13.0 Å². The molecule has 0 aromatic rings. The largest absolute Gasteiger partial charge is 0.497 e. The normalized spacial score (nSPS) is 12.6. The number of hydrogen-bond donors (Lipinski definition) is 0. The van der Waals surface area contributed by atoms with E-state index in [1.165, 1.54) is 0 Å². The molecule has 2 heteroatoms. The molecule has 0 spiro atoms. The van der Waals surface area contributed by atoms with Crippen molar-refractivity contribution in [2.45, 2.75) is 13.3 Å². The van der Waals surface area contributed by atoms with Gasteiger partial charge in [0.05, 0.1) is 14.2 Å². The molecule has 0 aromatic carbocycles. The molecule has 0 radical (unpaired) electrons. The lowest BCUT2D eigenvalue weighted by Crippen LogP contribution is -1.87. The van der Waals surface area contributed by atoms with Crippen molar-refractivity contribution in [2.24, 2.45) is 0 Å². The van der Waals surface area contributed by atoms with Crippen molar-refractivity contribution in [1.82, 2.24) is 0 Å². The molecule has 0 saturated heterocycles. The van der Waals surface area contributed by atoms with Crippen LogP contribution in [0.4, 0.5) is 0 Å².